The SMILES string of the molecule is COCCOCOCC(CC(=O)OCCCCCBr)OC(=O)CCCCCBr. The predicted octanol–water partition coefficient (Wildman–Crippen LogP) is 3.99. The van der Waals surface area contributed by atoms with Gasteiger partial charge in [0.1, 0.15) is 12.9 Å². The zero-order valence-electron chi connectivity index (χ0n) is 16.8. The fourth-order valence-electron chi connectivity index (χ4n) is 2.16. The molecule has 0 aliphatic carbocycles. The first-order chi connectivity index (χ1) is 13.6. The van der Waals surface area contributed by atoms with E-state index in [0.717, 1.165) is 49.2 Å². The van der Waals surface area contributed by atoms with Crippen molar-refractivity contribution in [2.24, 2.45) is 0 Å². The quantitative estimate of drug-likeness (QED) is 0.101. The minimum absolute atomic E-state index is 0.0242. The zero-order chi connectivity index (χ0) is 20.9. The second-order valence-electron chi connectivity index (χ2n) is 6.18. The van der Waals surface area contributed by atoms with Crippen molar-refractivity contribution in [3.05, 3.63) is 0 Å². The van der Waals surface area contributed by atoms with Crippen LogP contribution in [0.3, 0.4) is 0 Å². The van der Waals surface area contributed by atoms with Crippen LogP contribution in [-0.4, -0.2) is 69.0 Å². The molecule has 0 fully saturated rings. The summed E-state index contributed by atoms with van der Waals surface area (Å²) in [5.74, 6) is -0.714. The molecule has 0 aromatic rings. The first kappa shape index (κ1) is 27.8. The minimum Gasteiger partial charge on any atom is -0.466 e. The van der Waals surface area contributed by atoms with Gasteiger partial charge in [0, 0.05) is 24.2 Å². The van der Waals surface area contributed by atoms with Crippen molar-refractivity contribution in [2.75, 3.05) is 51.0 Å². The molecular weight excluding hydrogens is 500 g/mol. The van der Waals surface area contributed by atoms with Crippen LogP contribution in [0.2, 0.25) is 0 Å². The van der Waals surface area contributed by atoms with Crippen LogP contribution in [-0.2, 0) is 33.3 Å². The molecule has 0 bridgehead atoms. The van der Waals surface area contributed by atoms with Crippen LogP contribution in [0.5, 0.6) is 0 Å². The smallest absolute Gasteiger partial charge is 0.309 e. The number of esters is 2. The van der Waals surface area contributed by atoms with E-state index < -0.39 is 6.10 Å². The molecule has 1 unspecified atom stereocenters. The maximum Gasteiger partial charge on any atom is 0.309 e. The second-order valence-corrected chi connectivity index (χ2v) is 7.76. The highest BCUT2D eigenvalue weighted by Crippen LogP contribution is 2.09. The number of carbonyl (C=O) groups excluding carboxylic acids is 2. The molecule has 9 heteroatoms. The maximum absolute atomic E-state index is 12.0. The monoisotopic (exact) mass is 532 g/mol. The number of hydrogen-bond acceptors (Lipinski definition) is 7. The van der Waals surface area contributed by atoms with E-state index in [1.54, 1.807) is 7.11 Å². The Morgan fingerprint density at radius 3 is 2.21 bits per heavy atom. The van der Waals surface area contributed by atoms with Gasteiger partial charge in [0.25, 0.3) is 0 Å². The summed E-state index contributed by atoms with van der Waals surface area (Å²) in [6.07, 6.45) is 5.21. The van der Waals surface area contributed by atoms with E-state index in [9.17, 15) is 9.59 Å². The lowest BCUT2D eigenvalue weighted by atomic mass is 10.2. The Bertz CT molecular complexity index is 383. The third-order valence-electron chi connectivity index (χ3n) is 3.65. The Morgan fingerprint density at radius 1 is 0.821 bits per heavy atom. The molecule has 0 amide bonds. The molecule has 1 atom stereocenters. The lowest BCUT2D eigenvalue weighted by Gasteiger charge is -2.18. The highest BCUT2D eigenvalue weighted by Gasteiger charge is 2.20. The number of rotatable bonds is 20. The average Bonchev–Trinajstić information content (AvgIpc) is 2.67. The van der Waals surface area contributed by atoms with Gasteiger partial charge in [-0.25, -0.2) is 0 Å². The summed E-state index contributed by atoms with van der Waals surface area (Å²) in [6, 6.07) is 0. The molecule has 0 N–H and O–H groups in total. The summed E-state index contributed by atoms with van der Waals surface area (Å²) >= 11 is 6.73. The van der Waals surface area contributed by atoms with Crippen LogP contribution >= 0.6 is 31.9 Å². The molecule has 0 radical (unpaired) electrons. The van der Waals surface area contributed by atoms with Gasteiger partial charge >= 0.3 is 11.9 Å². The first-order valence-electron chi connectivity index (χ1n) is 9.75. The molecule has 7 nitrogen and oxygen atoms in total. The van der Waals surface area contributed by atoms with Crippen LogP contribution in [0.15, 0.2) is 0 Å². The summed E-state index contributed by atoms with van der Waals surface area (Å²) in [5, 5.41) is 1.86. The molecule has 0 aliphatic rings. The van der Waals surface area contributed by atoms with E-state index in [1.165, 1.54) is 0 Å². The Hall–Kier alpha value is -0.220. The number of halogens is 2. The predicted molar refractivity (Wildman–Crippen MR) is 114 cm³/mol. The van der Waals surface area contributed by atoms with Gasteiger partial charge in [0.05, 0.1) is 32.8 Å². The number of alkyl halides is 2. The molecule has 28 heavy (non-hydrogen) atoms. The van der Waals surface area contributed by atoms with Crippen molar-refractivity contribution in [2.45, 2.75) is 57.5 Å². The van der Waals surface area contributed by atoms with Gasteiger partial charge in [-0.3, -0.25) is 9.59 Å². The van der Waals surface area contributed by atoms with Gasteiger partial charge in [0.15, 0.2) is 0 Å². The summed E-state index contributed by atoms with van der Waals surface area (Å²) in [6.45, 7) is 1.38. The molecule has 0 saturated heterocycles. The third kappa shape index (κ3) is 19.1. The molecule has 0 saturated carbocycles. The summed E-state index contributed by atoms with van der Waals surface area (Å²) in [4.78, 5) is 24.0. The molecule has 0 aromatic carbocycles. The Kier molecular flexibility index (Phi) is 21.3. The summed E-state index contributed by atoms with van der Waals surface area (Å²) < 4.78 is 26.1. The number of hydrogen-bond donors (Lipinski definition) is 0. The summed E-state index contributed by atoms with van der Waals surface area (Å²) in [7, 11) is 1.59. The van der Waals surface area contributed by atoms with Crippen molar-refractivity contribution in [1.29, 1.82) is 0 Å². The van der Waals surface area contributed by atoms with Crippen LogP contribution < -0.4 is 0 Å². The lowest BCUT2D eigenvalue weighted by Crippen LogP contribution is -2.28. The lowest BCUT2D eigenvalue weighted by molar-refractivity contribution is -0.162. The van der Waals surface area contributed by atoms with Gasteiger partial charge in [-0.15, -0.1) is 0 Å². The normalized spacial score (nSPS) is 12.0. The van der Waals surface area contributed by atoms with E-state index in [4.69, 9.17) is 23.7 Å². The van der Waals surface area contributed by atoms with Crippen LogP contribution in [0.1, 0.15) is 51.4 Å². The van der Waals surface area contributed by atoms with E-state index in [0.29, 0.717) is 26.2 Å². The second kappa shape index (κ2) is 21.5. The standard InChI is InChI=1S/C19H34Br2O7/c1-24-12-13-25-16-26-15-17(28-18(22)8-4-2-5-9-20)14-19(23)27-11-7-3-6-10-21/h17H,2-16H2,1H3. The van der Waals surface area contributed by atoms with Crippen molar-refractivity contribution < 1.29 is 33.3 Å². The van der Waals surface area contributed by atoms with Crippen molar-refractivity contribution in [3.63, 3.8) is 0 Å². The topological polar surface area (TPSA) is 80.3 Å². The van der Waals surface area contributed by atoms with E-state index in [1.807, 2.05) is 0 Å². The van der Waals surface area contributed by atoms with E-state index in [-0.39, 0.29) is 31.8 Å². The molecule has 0 rings (SSSR count). The molecular formula is C19H34Br2O7. The van der Waals surface area contributed by atoms with Crippen LogP contribution in [0.25, 0.3) is 0 Å². The number of unbranched alkanes of at least 4 members (excludes halogenated alkanes) is 4. The largest absolute Gasteiger partial charge is 0.466 e. The fraction of sp³-hybridized carbons (Fsp3) is 0.895. The van der Waals surface area contributed by atoms with Crippen molar-refractivity contribution in [1.82, 2.24) is 0 Å². The van der Waals surface area contributed by atoms with E-state index in [2.05, 4.69) is 31.9 Å². The maximum atomic E-state index is 12.0. The fourth-order valence-corrected chi connectivity index (χ4v) is 2.96. The van der Waals surface area contributed by atoms with Crippen molar-refractivity contribution >= 4 is 43.8 Å². The molecule has 166 valence electrons. The first-order valence-corrected chi connectivity index (χ1v) is 12.0. The minimum atomic E-state index is -0.676. The van der Waals surface area contributed by atoms with E-state index >= 15 is 0 Å². The van der Waals surface area contributed by atoms with Gasteiger partial charge in [-0.2, -0.15) is 0 Å². The Balaban J connectivity index is 4.21. The Labute approximate surface area is 185 Å². The van der Waals surface area contributed by atoms with Crippen LogP contribution in [0.4, 0.5) is 0 Å². The molecule has 0 aromatic heterocycles. The zero-order valence-corrected chi connectivity index (χ0v) is 20.0. The average molecular weight is 534 g/mol. The summed E-state index contributed by atoms with van der Waals surface area (Å²) in [5.41, 5.74) is 0. The van der Waals surface area contributed by atoms with Gasteiger partial charge < -0.3 is 23.7 Å². The molecule has 0 aliphatic heterocycles. The van der Waals surface area contributed by atoms with Gasteiger partial charge in [-0.05, 0) is 32.1 Å². The van der Waals surface area contributed by atoms with Gasteiger partial charge in [0.2, 0.25) is 0 Å². The van der Waals surface area contributed by atoms with Gasteiger partial charge in [-0.1, -0.05) is 38.3 Å². The number of methoxy groups -OCH3 is 1. The highest BCUT2D eigenvalue weighted by atomic mass is 79.9. The molecule has 0 heterocycles. The Morgan fingerprint density at radius 2 is 1.54 bits per heavy atom. The number of carbonyl (C=O) groups is 2. The van der Waals surface area contributed by atoms with Crippen molar-refractivity contribution in [3.8, 4) is 0 Å². The number of ether oxygens (including phenoxy) is 5. The molecule has 0 spiro atoms. The van der Waals surface area contributed by atoms with Crippen LogP contribution in [0, 0.1) is 0 Å². The third-order valence-corrected chi connectivity index (χ3v) is 4.77. The highest BCUT2D eigenvalue weighted by molar-refractivity contribution is 9.09.